The van der Waals surface area contributed by atoms with E-state index in [1.54, 1.807) is 31.4 Å². The molecule has 1 unspecified atom stereocenters. The molecule has 0 fully saturated rings. The van der Waals surface area contributed by atoms with Crippen LogP contribution in [0.15, 0.2) is 48.5 Å². The van der Waals surface area contributed by atoms with Crippen LogP contribution in [-0.4, -0.2) is 18.7 Å². The lowest BCUT2D eigenvalue weighted by molar-refractivity contribution is 0.0894. The second-order valence-electron chi connectivity index (χ2n) is 6.17. The molecule has 0 aromatic heterocycles. The Labute approximate surface area is 143 Å². The van der Waals surface area contributed by atoms with E-state index in [2.05, 4.69) is 13.8 Å². The lowest BCUT2D eigenvalue weighted by Gasteiger charge is -2.09. The molecule has 3 nitrogen and oxygen atoms in total. The zero-order chi connectivity index (χ0) is 17.5. The van der Waals surface area contributed by atoms with Crippen molar-refractivity contribution in [3.05, 3.63) is 65.2 Å². The van der Waals surface area contributed by atoms with Crippen molar-refractivity contribution >= 4 is 11.6 Å². The molecule has 24 heavy (non-hydrogen) atoms. The Morgan fingerprint density at radius 3 is 1.88 bits per heavy atom. The third kappa shape index (κ3) is 4.79. The van der Waals surface area contributed by atoms with E-state index in [4.69, 9.17) is 4.74 Å². The lowest BCUT2D eigenvalue weighted by Crippen LogP contribution is -2.09. The Morgan fingerprint density at radius 2 is 1.42 bits per heavy atom. The van der Waals surface area contributed by atoms with Crippen LogP contribution >= 0.6 is 0 Å². The summed E-state index contributed by atoms with van der Waals surface area (Å²) in [6.45, 7) is 4.39. The maximum absolute atomic E-state index is 12.3. The number of ketones is 2. The van der Waals surface area contributed by atoms with Crippen LogP contribution in [0, 0.1) is 5.92 Å². The summed E-state index contributed by atoms with van der Waals surface area (Å²) in [6, 6.07) is 14.4. The summed E-state index contributed by atoms with van der Waals surface area (Å²) in [4.78, 5) is 24.5. The molecule has 0 spiro atoms. The van der Waals surface area contributed by atoms with Crippen molar-refractivity contribution in [2.45, 2.75) is 33.1 Å². The largest absolute Gasteiger partial charge is 0.497 e. The number of hydrogen-bond acceptors (Lipinski definition) is 3. The van der Waals surface area contributed by atoms with Gasteiger partial charge in [0.25, 0.3) is 0 Å². The Hall–Kier alpha value is -2.42. The normalized spacial score (nSPS) is 11.8. The van der Waals surface area contributed by atoms with Gasteiger partial charge in [0.2, 0.25) is 0 Å². The van der Waals surface area contributed by atoms with Crippen LogP contribution in [0.2, 0.25) is 0 Å². The molecule has 0 N–H and O–H groups in total. The Bertz CT molecular complexity index is 684. The molecular weight excluding hydrogens is 300 g/mol. The molecule has 0 aliphatic rings. The van der Waals surface area contributed by atoms with Gasteiger partial charge in [-0.1, -0.05) is 44.5 Å². The maximum atomic E-state index is 12.3. The lowest BCUT2D eigenvalue weighted by atomic mass is 9.96. The van der Waals surface area contributed by atoms with Crippen LogP contribution in [0.25, 0.3) is 0 Å². The van der Waals surface area contributed by atoms with E-state index in [-0.39, 0.29) is 18.0 Å². The molecular formula is C21H24O3. The highest BCUT2D eigenvalue weighted by atomic mass is 16.5. The SMILES string of the molecule is CCC(C)Cc1ccc(C(=O)CC(=O)c2ccc(OC)cc2)cc1. The zero-order valence-corrected chi connectivity index (χ0v) is 14.5. The van der Waals surface area contributed by atoms with Crippen LogP contribution in [0.4, 0.5) is 0 Å². The number of carbonyl (C=O) groups excluding carboxylic acids is 2. The second kappa shape index (κ2) is 8.44. The summed E-state index contributed by atoms with van der Waals surface area (Å²) in [7, 11) is 1.57. The quantitative estimate of drug-likeness (QED) is 0.520. The number of Topliss-reactive ketones (excluding diaryl/α,β-unsaturated/α-hetero) is 2. The van der Waals surface area contributed by atoms with Crippen molar-refractivity contribution in [2.75, 3.05) is 7.11 Å². The molecule has 0 radical (unpaired) electrons. The van der Waals surface area contributed by atoms with Crippen molar-refractivity contribution in [1.82, 2.24) is 0 Å². The zero-order valence-electron chi connectivity index (χ0n) is 14.5. The van der Waals surface area contributed by atoms with Crippen molar-refractivity contribution in [3.8, 4) is 5.75 Å². The van der Waals surface area contributed by atoms with Gasteiger partial charge in [-0.3, -0.25) is 9.59 Å². The predicted octanol–water partition coefficient (Wildman–Crippen LogP) is 4.74. The molecule has 2 aromatic carbocycles. The third-order valence-electron chi connectivity index (χ3n) is 4.29. The minimum Gasteiger partial charge on any atom is -0.497 e. The van der Waals surface area contributed by atoms with Gasteiger partial charge >= 0.3 is 0 Å². The fourth-order valence-electron chi connectivity index (χ4n) is 2.50. The molecule has 0 aliphatic heterocycles. The third-order valence-corrected chi connectivity index (χ3v) is 4.29. The number of carbonyl (C=O) groups is 2. The van der Waals surface area contributed by atoms with Crippen LogP contribution in [0.5, 0.6) is 5.75 Å². The standard InChI is InChI=1S/C21H24O3/c1-4-15(2)13-16-5-7-17(8-6-16)20(22)14-21(23)18-9-11-19(24-3)12-10-18/h5-12,15H,4,13-14H2,1-3H3. The van der Waals surface area contributed by atoms with E-state index < -0.39 is 0 Å². The molecule has 0 amide bonds. The first-order valence-corrected chi connectivity index (χ1v) is 8.32. The van der Waals surface area contributed by atoms with Gasteiger partial charge in [-0.15, -0.1) is 0 Å². The highest BCUT2D eigenvalue weighted by Crippen LogP contribution is 2.16. The summed E-state index contributed by atoms with van der Waals surface area (Å²) in [5.41, 5.74) is 2.34. The summed E-state index contributed by atoms with van der Waals surface area (Å²) >= 11 is 0. The Morgan fingerprint density at radius 1 is 0.917 bits per heavy atom. The first-order chi connectivity index (χ1) is 11.5. The summed E-state index contributed by atoms with van der Waals surface area (Å²) in [6.07, 6.45) is 2.03. The van der Waals surface area contributed by atoms with Gasteiger partial charge < -0.3 is 4.74 Å². The van der Waals surface area contributed by atoms with Crippen LogP contribution in [-0.2, 0) is 6.42 Å². The smallest absolute Gasteiger partial charge is 0.170 e. The minimum atomic E-state index is -0.175. The highest BCUT2D eigenvalue weighted by molar-refractivity contribution is 6.13. The van der Waals surface area contributed by atoms with E-state index in [9.17, 15) is 9.59 Å². The molecule has 1 atom stereocenters. The van der Waals surface area contributed by atoms with Crippen LogP contribution in [0.3, 0.4) is 0 Å². The summed E-state index contributed by atoms with van der Waals surface area (Å²) in [5, 5.41) is 0. The molecule has 0 aliphatic carbocycles. The van der Waals surface area contributed by atoms with Gasteiger partial charge in [0, 0.05) is 11.1 Å². The van der Waals surface area contributed by atoms with Crippen molar-refractivity contribution < 1.29 is 14.3 Å². The minimum absolute atomic E-state index is 0.114. The molecule has 0 heterocycles. The number of hydrogen-bond donors (Lipinski definition) is 0. The maximum Gasteiger partial charge on any atom is 0.170 e. The Balaban J connectivity index is 1.99. The van der Waals surface area contributed by atoms with Crippen molar-refractivity contribution in [2.24, 2.45) is 5.92 Å². The Kier molecular flexibility index (Phi) is 6.30. The van der Waals surface area contributed by atoms with Gasteiger partial charge in [-0.2, -0.15) is 0 Å². The molecule has 3 heteroatoms. The number of benzene rings is 2. The molecule has 126 valence electrons. The van der Waals surface area contributed by atoms with Crippen LogP contribution < -0.4 is 4.74 Å². The van der Waals surface area contributed by atoms with Gasteiger partial charge in [-0.25, -0.2) is 0 Å². The fourth-order valence-corrected chi connectivity index (χ4v) is 2.50. The van der Waals surface area contributed by atoms with E-state index >= 15 is 0 Å². The summed E-state index contributed by atoms with van der Waals surface area (Å²) in [5.74, 6) is 0.996. The average Bonchev–Trinajstić information content (AvgIpc) is 2.62. The van der Waals surface area contributed by atoms with Crippen molar-refractivity contribution in [1.29, 1.82) is 0 Å². The second-order valence-corrected chi connectivity index (χ2v) is 6.17. The average molecular weight is 324 g/mol. The molecule has 2 rings (SSSR count). The van der Waals surface area contributed by atoms with E-state index in [1.165, 1.54) is 5.56 Å². The van der Waals surface area contributed by atoms with Crippen LogP contribution in [0.1, 0.15) is 53.0 Å². The summed E-state index contributed by atoms with van der Waals surface area (Å²) < 4.78 is 5.07. The number of rotatable bonds is 8. The number of methoxy groups -OCH3 is 1. The highest BCUT2D eigenvalue weighted by Gasteiger charge is 2.14. The van der Waals surface area contributed by atoms with E-state index in [1.807, 2.05) is 24.3 Å². The van der Waals surface area contributed by atoms with Gasteiger partial charge in [-0.05, 0) is 42.2 Å². The van der Waals surface area contributed by atoms with E-state index in [0.717, 1.165) is 12.8 Å². The van der Waals surface area contributed by atoms with E-state index in [0.29, 0.717) is 22.8 Å². The van der Waals surface area contributed by atoms with Gasteiger partial charge in [0.05, 0.1) is 13.5 Å². The van der Waals surface area contributed by atoms with Gasteiger partial charge in [0.1, 0.15) is 5.75 Å². The van der Waals surface area contributed by atoms with Crippen molar-refractivity contribution in [3.63, 3.8) is 0 Å². The molecule has 0 bridgehead atoms. The molecule has 0 saturated carbocycles. The topological polar surface area (TPSA) is 43.4 Å². The fraction of sp³-hybridized carbons (Fsp3) is 0.333. The van der Waals surface area contributed by atoms with Gasteiger partial charge in [0.15, 0.2) is 11.6 Å². The molecule has 0 saturated heterocycles. The predicted molar refractivity (Wildman–Crippen MR) is 95.9 cm³/mol. The molecule has 2 aromatic rings. The monoisotopic (exact) mass is 324 g/mol. The first kappa shape index (κ1) is 17.9. The first-order valence-electron chi connectivity index (χ1n) is 8.32. The number of ether oxygens (including phenoxy) is 1.